The van der Waals surface area contributed by atoms with Gasteiger partial charge in [0.1, 0.15) is 6.04 Å². The van der Waals surface area contributed by atoms with Gasteiger partial charge >= 0.3 is 0 Å². The van der Waals surface area contributed by atoms with E-state index in [9.17, 15) is 9.59 Å². The second-order valence-electron chi connectivity index (χ2n) is 4.67. The van der Waals surface area contributed by atoms with Gasteiger partial charge in [-0.3, -0.25) is 9.59 Å². The molecule has 1 aromatic carbocycles. The van der Waals surface area contributed by atoms with Gasteiger partial charge in [0, 0.05) is 12.8 Å². The number of carbonyl (C=O) groups is 2. The molecule has 0 fully saturated rings. The van der Waals surface area contributed by atoms with Crippen LogP contribution in [-0.4, -0.2) is 17.9 Å². The van der Waals surface area contributed by atoms with Crippen molar-refractivity contribution in [1.29, 1.82) is 0 Å². The minimum atomic E-state index is -0.667. The van der Waals surface area contributed by atoms with Crippen LogP contribution in [-0.2, 0) is 16.0 Å². The zero-order valence-corrected chi connectivity index (χ0v) is 11.2. The van der Waals surface area contributed by atoms with Crippen LogP contribution in [0.25, 0.3) is 0 Å². The Morgan fingerprint density at radius 1 is 1.26 bits per heavy atom. The van der Waals surface area contributed by atoms with Crippen LogP contribution in [0.4, 0.5) is 0 Å². The Kier molecular flexibility index (Phi) is 5.79. The molecule has 1 atom stereocenters. The van der Waals surface area contributed by atoms with Crippen LogP contribution in [0, 0.1) is 0 Å². The summed E-state index contributed by atoms with van der Waals surface area (Å²) >= 11 is 0. The van der Waals surface area contributed by atoms with Crippen molar-refractivity contribution in [3.8, 4) is 0 Å². The van der Waals surface area contributed by atoms with Gasteiger partial charge in [0.2, 0.25) is 11.8 Å². The molecule has 4 heteroatoms. The second-order valence-corrected chi connectivity index (χ2v) is 4.67. The molecule has 0 aromatic heterocycles. The third kappa shape index (κ3) is 5.86. The molecule has 1 aromatic rings. The molecule has 2 amide bonds. The molecule has 0 radical (unpaired) electrons. The van der Waals surface area contributed by atoms with E-state index in [-0.39, 0.29) is 5.91 Å². The molecule has 3 N–H and O–H groups in total. The highest BCUT2D eigenvalue weighted by molar-refractivity contribution is 5.86. The van der Waals surface area contributed by atoms with Gasteiger partial charge in [-0.25, -0.2) is 0 Å². The summed E-state index contributed by atoms with van der Waals surface area (Å²) in [6.45, 7) is 5.60. The van der Waals surface area contributed by atoms with Gasteiger partial charge < -0.3 is 11.1 Å². The molecule has 0 heterocycles. The van der Waals surface area contributed by atoms with E-state index in [4.69, 9.17) is 5.73 Å². The van der Waals surface area contributed by atoms with Gasteiger partial charge in [-0.1, -0.05) is 35.9 Å². The molecule has 0 unspecified atom stereocenters. The Balaban J connectivity index is 2.56. The van der Waals surface area contributed by atoms with E-state index in [1.165, 1.54) is 0 Å². The minimum Gasteiger partial charge on any atom is -0.368 e. The average molecular weight is 260 g/mol. The van der Waals surface area contributed by atoms with E-state index < -0.39 is 11.9 Å². The Bertz CT molecular complexity index is 454. The molecule has 0 saturated heterocycles. The van der Waals surface area contributed by atoms with Gasteiger partial charge in [-0.05, 0) is 18.9 Å². The van der Waals surface area contributed by atoms with Gasteiger partial charge in [-0.15, -0.1) is 6.58 Å². The van der Waals surface area contributed by atoms with Crippen molar-refractivity contribution < 1.29 is 9.59 Å². The fraction of sp³-hybridized carbons (Fsp3) is 0.333. The number of hydrogen-bond acceptors (Lipinski definition) is 2. The first-order chi connectivity index (χ1) is 8.99. The topological polar surface area (TPSA) is 72.2 Å². The molecule has 4 nitrogen and oxygen atoms in total. The van der Waals surface area contributed by atoms with E-state index in [0.29, 0.717) is 19.3 Å². The molecule has 1 rings (SSSR count). The van der Waals surface area contributed by atoms with Crippen molar-refractivity contribution in [3.63, 3.8) is 0 Å². The number of nitrogens with one attached hydrogen (secondary N) is 1. The van der Waals surface area contributed by atoms with E-state index in [0.717, 1.165) is 11.1 Å². The maximum absolute atomic E-state index is 11.7. The summed E-state index contributed by atoms with van der Waals surface area (Å²) in [6.07, 6.45) is 1.35. The van der Waals surface area contributed by atoms with Crippen LogP contribution in [0.5, 0.6) is 0 Å². The van der Waals surface area contributed by atoms with Crippen LogP contribution in [0.3, 0.4) is 0 Å². The van der Waals surface area contributed by atoms with Crippen LogP contribution in [0.1, 0.15) is 25.3 Å². The lowest BCUT2D eigenvalue weighted by molar-refractivity contribution is -0.127. The quantitative estimate of drug-likeness (QED) is 0.730. The predicted octanol–water partition coefficient (Wildman–Crippen LogP) is 1.56. The Morgan fingerprint density at radius 3 is 2.42 bits per heavy atom. The van der Waals surface area contributed by atoms with Crippen molar-refractivity contribution >= 4 is 11.8 Å². The summed E-state index contributed by atoms with van der Waals surface area (Å²) in [5.74, 6) is -0.699. The number of carbonyl (C=O) groups excluding carboxylic acids is 2. The predicted molar refractivity (Wildman–Crippen MR) is 75.3 cm³/mol. The zero-order chi connectivity index (χ0) is 14.3. The molecule has 0 saturated carbocycles. The molecule has 102 valence electrons. The number of benzene rings is 1. The van der Waals surface area contributed by atoms with Crippen LogP contribution in [0.2, 0.25) is 0 Å². The lowest BCUT2D eigenvalue weighted by Gasteiger charge is -2.15. The molecule has 19 heavy (non-hydrogen) atoms. The molecule has 0 aliphatic carbocycles. The molecular formula is C15H20N2O2. The van der Waals surface area contributed by atoms with Gasteiger partial charge in [0.05, 0.1) is 0 Å². The van der Waals surface area contributed by atoms with Crippen molar-refractivity contribution in [3.05, 3.63) is 48.0 Å². The second kappa shape index (κ2) is 7.36. The summed E-state index contributed by atoms with van der Waals surface area (Å²) in [7, 11) is 0. The monoisotopic (exact) mass is 260 g/mol. The summed E-state index contributed by atoms with van der Waals surface area (Å²) in [4.78, 5) is 23.1. The highest BCUT2D eigenvalue weighted by Crippen LogP contribution is 2.05. The first-order valence-electron chi connectivity index (χ1n) is 6.26. The summed E-state index contributed by atoms with van der Waals surface area (Å²) < 4.78 is 0. The van der Waals surface area contributed by atoms with Crippen molar-refractivity contribution in [2.75, 3.05) is 0 Å². The van der Waals surface area contributed by atoms with Crippen LogP contribution < -0.4 is 11.1 Å². The average Bonchev–Trinajstić information content (AvgIpc) is 2.36. The number of amides is 2. The number of nitrogens with two attached hydrogens (primary N) is 1. The maximum atomic E-state index is 11.7. The van der Waals surface area contributed by atoms with Gasteiger partial charge in [0.15, 0.2) is 0 Å². The standard InChI is InChI=1S/C15H20N2O2/c1-11(2)8-9-14(18)17-13(15(16)19)10-12-6-4-3-5-7-12/h3-7,13H,1,8-10H2,2H3,(H2,16,19)(H,17,18)/t13-/m0/s1. The van der Waals surface area contributed by atoms with Crippen molar-refractivity contribution in [1.82, 2.24) is 5.32 Å². The van der Waals surface area contributed by atoms with E-state index in [2.05, 4.69) is 11.9 Å². The first-order valence-corrected chi connectivity index (χ1v) is 6.26. The molecule has 0 spiro atoms. The smallest absolute Gasteiger partial charge is 0.240 e. The number of primary amides is 1. The lowest BCUT2D eigenvalue weighted by atomic mass is 10.1. The fourth-order valence-corrected chi connectivity index (χ4v) is 1.67. The van der Waals surface area contributed by atoms with Crippen LogP contribution in [0.15, 0.2) is 42.5 Å². The highest BCUT2D eigenvalue weighted by Gasteiger charge is 2.18. The third-order valence-electron chi connectivity index (χ3n) is 2.74. The molecule has 0 aliphatic heterocycles. The molecular weight excluding hydrogens is 240 g/mol. The lowest BCUT2D eigenvalue weighted by Crippen LogP contribution is -2.45. The zero-order valence-electron chi connectivity index (χ0n) is 11.2. The molecule has 0 bridgehead atoms. The summed E-state index contributed by atoms with van der Waals surface area (Å²) in [5, 5.41) is 2.67. The van der Waals surface area contributed by atoms with Crippen molar-refractivity contribution in [2.24, 2.45) is 5.73 Å². The number of hydrogen-bond donors (Lipinski definition) is 2. The third-order valence-corrected chi connectivity index (χ3v) is 2.74. The SMILES string of the molecule is C=C(C)CCC(=O)N[C@@H](Cc1ccccc1)C(N)=O. The van der Waals surface area contributed by atoms with E-state index in [1.807, 2.05) is 37.3 Å². The largest absolute Gasteiger partial charge is 0.368 e. The first kappa shape index (κ1) is 15.0. The normalized spacial score (nSPS) is 11.6. The van der Waals surface area contributed by atoms with Gasteiger partial charge in [-0.2, -0.15) is 0 Å². The van der Waals surface area contributed by atoms with Crippen molar-refractivity contribution in [2.45, 2.75) is 32.2 Å². The minimum absolute atomic E-state index is 0.178. The Labute approximate surface area is 113 Å². The van der Waals surface area contributed by atoms with Crippen LogP contribution >= 0.6 is 0 Å². The molecule has 0 aliphatic rings. The van der Waals surface area contributed by atoms with E-state index in [1.54, 1.807) is 0 Å². The van der Waals surface area contributed by atoms with E-state index >= 15 is 0 Å². The highest BCUT2D eigenvalue weighted by atomic mass is 16.2. The summed E-state index contributed by atoms with van der Waals surface area (Å²) in [6, 6.07) is 8.80. The Morgan fingerprint density at radius 2 is 1.89 bits per heavy atom. The number of allylic oxidation sites excluding steroid dienone is 1. The maximum Gasteiger partial charge on any atom is 0.240 e. The fourth-order valence-electron chi connectivity index (χ4n) is 1.67. The van der Waals surface area contributed by atoms with Gasteiger partial charge in [0.25, 0.3) is 0 Å². The summed E-state index contributed by atoms with van der Waals surface area (Å²) in [5.41, 5.74) is 7.22. The Hall–Kier alpha value is -2.10. The number of rotatable bonds is 7.